The van der Waals surface area contributed by atoms with Crippen LogP contribution in [0.15, 0.2) is 146 Å². The number of hydrogen-bond acceptors (Lipinski definition) is 4. The van der Waals surface area contributed by atoms with Gasteiger partial charge in [0.1, 0.15) is 12.7 Å². The number of pyridine rings is 1. The molecule has 0 spiro atoms. The van der Waals surface area contributed by atoms with E-state index in [-0.39, 0.29) is 0 Å². The van der Waals surface area contributed by atoms with Gasteiger partial charge in [-0.15, -0.1) is 0 Å². The fourth-order valence-corrected chi connectivity index (χ4v) is 6.50. The molecule has 4 heterocycles. The highest BCUT2D eigenvalue weighted by Gasteiger charge is 2.15. The number of nitrogens with zero attached hydrogens (tertiary/aromatic N) is 6. The number of hydrogen-bond donors (Lipinski definition) is 0. The second-order valence-electron chi connectivity index (χ2n) is 10.9. The standard InChI is InChI=1S/C38H24N6/c1-3-7-34-30(5-1)32-21-27(13-15-36(32)43(34)29-17-19-39-20-18-29)25-9-11-26(12-10-25)28-14-16-37-33(22-28)31-6-2-4-8-35(31)44(37)38-41-23-40-24-42-38/h1-24H. The van der Waals surface area contributed by atoms with Crippen molar-refractivity contribution in [3.8, 4) is 33.9 Å². The molecule has 0 bridgehead atoms. The molecule has 0 fully saturated rings. The minimum atomic E-state index is 0.615. The number of para-hydroxylation sites is 2. The van der Waals surface area contributed by atoms with Crippen molar-refractivity contribution in [2.24, 2.45) is 0 Å². The number of fused-ring (bicyclic) bond motifs is 6. The predicted molar refractivity (Wildman–Crippen MR) is 177 cm³/mol. The van der Waals surface area contributed by atoms with Crippen LogP contribution in [0.1, 0.15) is 0 Å². The minimum absolute atomic E-state index is 0.615. The first-order valence-electron chi connectivity index (χ1n) is 14.5. The van der Waals surface area contributed by atoms with E-state index in [1.54, 1.807) is 0 Å². The Morgan fingerprint density at radius 3 is 1.45 bits per heavy atom. The maximum Gasteiger partial charge on any atom is 0.237 e. The smallest absolute Gasteiger partial charge is 0.237 e. The van der Waals surface area contributed by atoms with Crippen molar-refractivity contribution < 1.29 is 0 Å². The van der Waals surface area contributed by atoms with Crippen LogP contribution in [-0.2, 0) is 0 Å². The molecule has 44 heavy (non-hydrogen) atoms. The lowest BCUT2D eigenvalue weighted by Gasteiger charge is -2.09. The summed E-state index contributed by atoms with van der Waals surface area (Å²) >= 11 is 0. The molecule has 0 saturated heterocycles. The van der Waals surface area contributed by atoms with Crippen molar-refractivity contribution in [3.63, 3.8) is 0 Å². The molecule has 0 aliphatic heterocycles. The Kier molecular flexibility index (Phi) is 5.40. The van der Waals surface area contributed by atoms with E-state index in [4.69, 9.17) is 0 Å². The van der Waals surface area contributed by atoms with Gasteiger partial charge in [0.2, 0.25) is 5.95 Å². The predicted octanol–water partition coefficient (Wildman–Crippen LogP) is 8.79. The molecule has 206 valence electrons. The summed E-state index contributed by atoms with van der Waals surface area (Å²) in [6.45, 7) is 0. The minimum Gasteiger partial charge on any atom is -0.309 e. The van der Waals surface area contributed by atoms with E-state index in [9.17, 15) is 0 Å². The van der Waals surface area contributed by atoms with Crippen molar-refractivity contribution >= 4 is 43.6 Å². The van der Waals surface area contributed by atoms with Crippen LogP contribution in [-0.4, -0.2) is 29.1 Å². The largest absolute Gasteiger partial charge is 0.309 e. The molecule has 5 aromatic carbocycles. The SMILES string of the molecule is c1ccc2c(c1)c1cc(-c3ccc(-c4ccc5c(c4)c4ccccc4n5-c4ncncn4)cc3)ccc1n2-c1ccncc1. The topological polar surface area (TPSA) is 61.4 Å². The molecule has 0 unspecified atom stereocenters. The van der Waals surface area contributed by atoms with Crippen molar-refractivity contribution in [2.45, 2.75) is 0 Å². The van der Waals surface area contributed by atoms with Gasteiger partial charge in [-0.05, 0) is 70.8 Å². The zero-order valence-corrected chi connectivity index (χ0v) is 23.5. The van der Waals surface area contributed by atoms with E-state index in [2.05, 4.69) is 144 Å². The van der Waals surface area contributed by atoms with E-state index in [1.807, 2.05) is 18.5 Å². The monoisotopic (exact) mass is 564 g/mol. The van der Waals surface area contributed by atoms with E-state index in [0.717, 1.165) is 16.7 Å². The van der Waals surface area contributed by atoms with Gasteiger partial charge in [0.15, 0.2) is 0 Å². The number of benzene rings is 5. The normalized spacial score (nSPS) is 11.6. The van der Waals surface area contributed by atoms with E-state index >= 15 is 0 Å². The van der Waals surface area contributed by atoms with Gasteiger partial charge in [0, 0.05) is 39.6 Å². The van der Waals surface area contributed by atoms with Crippen LogP contribution < -0.4 is 0 Å². The Morgan fingerprint density at radius 1 is 0.386 bits per heavy atom. The zero-order valence-electron chi connectivity index (χ0n) is 23.5. The lowest BCUT2D eigenvalue weighted by Crippen LogP contribution is -2.00. The summed E-state index contributed by atoms with van der Waals surface area (Å²) in [5.74, 6) is 0.615. The van der Waals surface area contributed by atoms with Gasteiger partial charge in [0.25, 0.3) is 0 Å². The molecule has 0 saturated carbocycles. The first-order valence-corrected chi connectivity index (χ1v) is 14.5. The fourth-order valence-electron chi connectivity index (χ4n) is 6.50. The molecule has 4 aromatic heterocycles. The highest BCUT2D eigenvalue weighted by Crippen LogP contribution is 2.37. The van der Waals surface area contributed by atoms with Gasteiger partial charge < -0.3 is 4.57 Å². The van der Waals surface area contributed by atoms with Crippen LogP contribution in [0.3, 0.4) is 0 Å². The zero-order chi connectivity index (χ0) is 29.0. The average molecular weight is 565 g/mol. The van der Waals surface area contributed by atoms with Crippen molar-refractivity contribution in [3.05, 3.63) is 146 Å². The fraction of sp³-hybridized carbons (Fsp3) is 0. The molecule has 9 aromatic rings. The quantitative estimate of drug-likeness (QED) is 0.214. The first-order chi connectivity index (χ1) is 21.8. The summed E-state index contributed by atoms with van der Waals surface area (Å²) in [5.41, 5.74) is 10.3. The van der Waals surface area contributed by atoms with E-state index in [1.165, 1.54) is 67.5 Å². The Hall–Kier alpha value is -6.14. The van der Waals surface area contributed by atoms with Crippen LogP contribution in [0.25, 0.3) is 77.5 Å². The maximum atomic E-state index is 4.43. The molecule has 0 radical (unpaired) electrons. The van der Waals surface area contributed by atoms with Crippen LogP contribution in [0.2, 0.25) is 0 Å². The Bertz CT molecular complexity index is 2300. The molecule has 0 amide bonds. The average Bonchev–Trinajstić information content (AvgIpc) is 3.61. The third kappa shape index (κ3) is 3.75. The number of aromatic nitrogens is 6. The van der Waals surface area contributed by atoms with Gasteiger partial charge in [-0.3, -0.25) is 9.55 Å². The molecule has 6 nitrogen and oxygen atoms in total. The lowest BCUT2D eigenvalue weighted by atomic mass is 9.98. The van der Waals surface area contributed by atoms with E-state index < -0.39 is 0 Å². The summed E-state index contributed by atoms with van der Waals surface area (Å²) in [7, 11) is 0. The molecular weight excluding hydrogens is 540 g/mol. The summed E-state index contributed by atoms with van der Waals surface area (Å²) < 4.78 is 4.41. The van der Waals surface area contributed by atoms with Crippen molar-refractivity contribution in [1.82, 2.24) is 29.1 Å². The second kappa shape index (κ2) is 9.71. The Labute approximate surface area is 252 Å². The maximum absolute atomic E-state index is 4.43. The molecule has 0 N–H and O–H groups in total. The van der Waals surface area contributed by atoms with E-state index in [0.29, 0.717) is 5.95 Å². The van der Waals surface area contributed by atoms with Gasteiger partial charge >= 0.3 is 0 Å². The van der Waals surface area contributed by atoms with Gasteiger partial charge in [-0.1, -0.05) is 72.8 Å². The molecule has 9 rings (SSSR count). The molecule has 0 aliphatic carbocycles. The van der Waals surface area contributed by atoms with Gasteiger partial charge in [-0.25, -0.2) is 15.0 Å². The van der Waals surface area contributed by atoms with Gasteiger partial charge in [0.05, 0.1) is 22.1 Å². The Morgan fingerprint density at radius 2 is 0.864 bits per heavy atom. The summed E-state index contributed by atoms with van der Waals surface area (Å²) in [4.78, 5) is 17.1. The van der Waals surface area contributed by atoms with Crippen LogP contribution in [0.4, 0.5) is 0 Å². The van der Waals surface area contributed by atoms with Crippen LogP contribution in [0.5, 0.6) is 0 Å². The Balaban J connectivity index is 1.13. The molecule has 0 aliphatic rings. The van der Waals surface area contributed by atoms with Gasteiger partial charge in [-0.2, -0.15) is 0 Å². The lowest BCUT2D eigenvalue weighted by molar-refractivity contribution is 0.939. The third-order valence-electron chi connectivity index (χ3n) is 8.50. The van der Waals surface area contributed by atoms with Crippen LogP contribution >= 0.6 is 0 Å². The molecule has 6 heteroatoms. The first kappa shape index (κ1) is 24.5. The third-order valence-corrected chi connectivity index (χ3v) is 8.50. The number of rotatable bonds is 4. The van der Waals surface area contributed by atoms with Crippen molar-refractivity contribution in [2.75, 3.05) is 0 Å². The summed E-state index contributed by atoms with van der Waals surface area (Å²) in [6, 6.07) is 43.3. The molecule has 0 atom stereocenters. The highest BCUT2D eigenvalue weighted by atomic mass is 15.2. The van der Waals surface area contributed by atoms with Crippen LogP contribution in [0, 0.1) is 0 Å². The second-order valence-corrected chi connectivity index (χ2v) is 10.9. The highest BCUT2D eigenvalue weighted by molar-refractivity contribution is 6.11. The van der Waals surface area contributed by atoms with Crippen molar-refractivity contribution in [1.29, 1.82) is 0 Å². The summed E-state index contributed by atoms with van der Waals surface area (Å²) in [6.07, 6.45) is 6.76. The molecular formula is C38H24N6. The summed E-state index contributed by atoms with van der Waals surface area (Å²) in [5, 5.41) is 4.81.